The molecule has 3 heteroatoms. The second kappa shape index (κ2) is 5.29. The molecule has 1 N–H and O–H groups in total. The largest absolute Gasteiger partial charge is 0.392 e. The minimum absolute atomic E-state index is 0.262. The normalized spacial score (nSPS) is 10.7. The fourth-order valence-corrected chi connectivity index (χ4v) is 1.08. The van der Waals surface area contributed by atoms with Crippen LogP contribution in [0.2, 0.25) is 0 Å². The first-order valence-corrected chi connectivity index (χ1v) is 4.27. The van der Waals surface area contributed by atoms with Gasteiger partial charge < -0.3 is 9.90 Å². The third-order valence-corrected chi connectivity index (χ3v) is 1.78. The first kappa shape index (κ1) is 10.6. The third kappa shape index (κ3) is 2.78. The van der Waals surface area contributed by atoms with Crippen molar-refractivity contribution in [3.05, 3.63) is 41.2 Å². The van der Waals surface area contributed by atoms with E-state index in [9.17, 15) is 9.18 Å². The van der Waals surface area contributed by atoms with Crippen LogP contribution in [0.15, 0.2) is 24.3 Å². The molecule has 0 amide bonds. The molecule has 0 fully saturated rings. The summed E-state index contributed by atoms with van der Waals surface area (Å²) in [4.78, 5) is 10.0. The molecule has 1 rings (SSSR count). The minimum atomic E-state index is -0.417. The van der Waals surface area contributed by atoms with E-state index in [0.717, 1.165) is 11.8 Å². The lowest BCUT2D eigenvalue weighted by Crippen LogP contribution is -1.89. The smallest absolute Gasteiger partial charge is 0.128 e. The third-order valence-electron chi connectivity index (χ3n) is 1.78. The fourth-order valence-electron chi connectivity index (χ4n) is 1.08. The molecular formula is C11H11FO2. The summed E-state index contributed by atoms with van der Waals surface area (Å²) in [5.74, 6) is -0.417. The van der Waals surface area contributed by atoms with E-state index in [1.54, 1.807) is 24.3 Å². The summed E-state index contributed by atoms with van der Waals surface area (Å²) in [5, 5.41) is 8.79. The average Bonchev–Trinajstić information content (AvgIpc) is 2.21. The lowest BCUT2D eigenvalue weighted by molar-refractivity contribution is -0.107. The molecule has 0 atom stereocenters. The fraction of sp³-hybridized carbons (Fsp3) is 0.182. The molecule has 2 nitrogen and oxygen atoms in total. The van der Waals surface area contributed by atoms with Gasteiger partial charge >= 0.3 is 0 Å². The second-order valence-corrected chi connectivity index (χ2v) is 2.81. The van der Waals surface area contributed by atoms with Gasteiger partial charge in [-0.2, -0.15) is 0 Å². The van der Waals surface area contributed by atoms with Crippen LogP contribution in [0.3, 0.4) is 0 Å². The number of halogens is 1. The second-order valence-electron chi connectivity index (χ2n) is 2.81. The Labute approximate surface area is 81.7 Å². The van der Waals surface area contributed by atoms with Crippen LogP contribution in [0, 0.1) is 5.82 Å². The monoisotopic (exact) mass is 194 g/mol. The van der Waals surface area contributed by atoms with Crippen LogP contribution in [-0.4, -0.2) is 11.4 Å². The zero-order chi connectivity index (χ0) is 10.4. The van der Waals surface area contributed by atoms with Gasteiger partial charge in [0.25, 0.3) is 0 Å². The Bertz CT molecular complexity index is 345. The summed E-state index contributed by atoms with van der Waals surface area (Å²) in [6.45, 7) is -0.318. The van der Waals surface area contributed by atoms with Crippen LogP contribution in [0.5, 0.6) is 0 Å². The highest BCUT2D eigenvalue weighted by molar-refractivity contribution is 5.58. The summed E-state index contributed by atoms with van der Waals surface area (Å²) in [5.41, 5.74) is 1.04. The number of aliphatic hydroxyl groups excluding tert-OH is 1. The van der Waals surface area contributed by atoms with Crippen LogP contribution in [0.25, 0.3) is 6.08 Å². The molecular weight excluding hydrogens is 183 g/mol. The summed E-state index contributed by atoms with van der Waals surface area (Å²) in [6.07, 6.45) is 4.52. The molecule has 0 aromatic heterocycles. The molecule has 0 spiro atoms. The van der Waals surface area contributed by atoms with Gasteiger partial charge in [-0.25, -0.2) is 4.39 Å². The number of aliphatic hydroxyl groups is 1. The van der Waals surface area contributed by atoms with Crippen LogP contribution in [0.1, 0.15) is 17.5 Å². The molecule has 1 aromatic rings. The van der Waals surface area contributed by atoms with E-state index in [2.05, 4.69) is 0 Å². The standard InChI is InChI=1S/C11H11FO2/c12-11-5-4-9(3-1-2-6-13)7-10(11)8-14/h1,3-7,14H,2,8H2. The molecule has 14 heavy (non-hydrogen) atoms. The number of aldehydes is 1. The van der Waals surface area contributed by atoms with Gasteiger partial charge in [0.05, 0.1) is 6.61 Å². The number of carbonyl (C=O) groups excluding carboxylic acids is 1. The number of hydrogen-bond acceptors (Lipinski definition) is 2. The van der Waals surface area contributed by atoms with Crippen molar-refractivity contribution in [3.8, 4) is 0 Å². The van der Waals surface area contributed by atoms with Gasteiger partial charge in [-0.1, -0.05) is 18.2 Å². The van der Waals surface area contributed by atoms with E-state index in [4.69, 9.17) is 5.11 Å². The average molecular weight is 194 g/mol. The molecule has 0 heterocycles. The van der Waals surface area contributed by atoms with Gasteiger partial charge in [0.2, 0.25) is 0 Å². The first-order valence-electron chi connectivity index (χ1n) is 4.27. The molecule has 0 saturated carbocycles. The maximum Gasteiger partial charge on any atom is 0.128 e. The SMILES string of the molecule is O=CCC=Cc1ccc(F)c(CO)c1. The van der Waals surface area contributed by atoms with E-state index < -0.39 is 5.82 Å². The van der Waals surface area contributed by atoms with Crippen molar-refractivity contribution >= 4 is 12.4 Å². The van der Waals surface area contributed by atoms with Crippen molar-refractivity contribution in [2.45, 2.75) is 13.0 Å². The van der Waals surface area contributed by atoms with Crippen molar-refractivity contribution in [1.82, 2.24) is 0 Å². The molecule has 0 aliphatic carbocycles. The number of benzene rings is 1. The molecule has 0 aliphatic heterocycles. The lowest BCUT2D eigenvalue weighted by atomic mass is 10.1. The van der Waals surface area contributed by atoms with Crippen LogP contribution in [-0.2, 0) is 11.4 Å². The molecule has 0 saturated heterocycles. The van der Waals surface area contributed by atoms with E-state index in [0.29, 0.717) is 6.42 Å². The van der Waals surface area contributed by atoms with Crippen LogP contribution >= 0.6 is 0 Å². The van der Waals surface area contributed by atoms with Crippen molar-refractivity contribution < 1.29 is 14.3 Å². The minimum Gasteiger partial charge on any atom is -0.392 e. The van der Waals surface area contributed by atoms with Gasteiger partial charge in [-0.15, -0.1) is 0 Å². The Morgan fingerprint density at radius 2 is 2.21 bits per heavy atom. The number of allylic oxidation sites excluding steroid dienone is 1. The van der Waals surface area contributed by atoms with Gasteiger partial charge in [-0.3, -0.25) is 0 Å². The highest BCUT2D eigenvalue weighted by Crippen LogP contribution is 2.11. The summed E-state index contributed by atoms with van der Waals surface area (Å²) in [7, 11) is 0. The molecule has 74 valence electrons. The van der Waals surface area contributed by atoms with Gasteiger partial charge in [0, 0.05) is 12.0 Å². The quantitative estimate of drug-likeness (QED) is 0.743. The predicted molar refractivity (Wildman–Crippen MR) is 52.0 cm³/mol. The highest BCUT2D eigenvalue weighted by atomic mass is 19.1. The molecule has 1 aromatic carbocycles. The number of hydrogen-bond donors (Lipinski definition) is 1. The number of carbonyl (C=O) groups is 1. The van der Waals surface area contributed by atoms with E-state index >= 15 is 0 Å². The topological polar surface area (TPSA) is 37.3 Å². The van der Waals surface area contributed by atoms with Gasteiger partial charge in [-0.05, 0) is 17.7 Å². The maximum atomic E-state index is 12.9. The summed E-state index contributed by atoms with van der Waals surface area (Å²) < 4.78 is 12.9. The van der Waals surface area contributed by atoms with Crippen molar-refractivity contribution in [2.24, 2.45) is 0 Å². The Hall–Kier alpha value is -1.48. The summed E-state index contributed by atoms with van der Waals surface area (Å²) >= 11 is 0. The zero-order valence-corrected chi connectivity index (χ0v) is 7.61. The molecule has 0 unspecified atom stereocenters. The van der Waals surface area contributed by atoms with Gasteiger partial charge in [0.15, 0.2) is 0 Å². The van der Waals surface area contributed by atoms with Crippen molar-refractivity contribution in [2.75, 3.05) is 0 Å². The van der Waals surface area contributed by atoms with Crippen LogP contribution < -0.4 is 0 Å². The van der Waals surface area contributed by atoms with E-state index in [1.165, 1.54) is 6.07 Å². The molecule has 0 bridgehead atoms. The Kier molecular flexibility index (Phi) is 4.01. The summed E-state index contributed by atoms with van der Waals surface area (Å²) in [6, 6.07) is 4.44. The predicted octanol–water partition coefficient (Wildman–Crippen LogP) is 1.92. The van der Waals surface area contributed by atoms with E-state index in [-0.39, 0.29) is 12.2 Å². The van der Waals surface area contributed by atoms with Gasteiger partial charge in [0.1, 0.15) is 12.1 Å². The highest BCUT2D eigenvalue weighted by Gasteiger charge is 1.99. The van der Waals surface area contributed by atoms with Crippen molar-refractivity contribution in [1.29, 1.82) is 0 Å². The van der Waals surface area contributed by atoms with Crippen molar-refractivity contribution in [3.63, 3.8) is 0 Å². The first-order chi connectivity index (χ1) is 6.77. The molecule has 0 radical (unpaired) electrons. The Morgan fingerprint density at radius 1 is 1.43 bits per heavy atom. The molecule has 0 aliphatic rings. The maximum absolute atomic E-state index is 12.9. The lowest BCUT2D eigenvalue weighted by Gasteiger charge is -2.00. The zero-order valence-electron chi connectivity index (χ0n) is 7.61. The van der Waals surface area contributed by atoms with Crippen LogP contribution in [0.4, 0.5) is 4.39 Å². The number of rotatable bonds is 4. The Balaban J connectivity index is 2.83. The Morgan fingerprint density at radius 3 is 2.86 bits per heavy atom. The van der Waals surface area contributed by atoms with E-state index in [1.807, 2.05) is 0 Å².